The van der Waals surface area contributed by atoms with Gasteiger partial charge in [-0.25, -0.2) is 0 Å². The number of rotatable bonds is 8. The summed E-state index contributed by atoms with van der Waals surface area (Å²) in [7, 11) is 0. The largest absolute Gasteiger partial charge is 0.345 e. The van der Waals surface area contributed by atoms with Crippen LogP contribution in [0.3, 0.4) is 0 Å². The molecule has 1 aromatic carbocycles. The van der Waals surface area contributed by atoms with E-state index < -0.39 is 0 Å². The van der Waals surface area contributed by atoms with Gasteiger partial charge in [-0.2, -0.15) is 0 Å². The summed E-state index contributed by atoms with van der Waals surface area (Å²) in [6, 6.07) is 13.2. The van der Waals surface area contributed by atoms with Gasteiger partial charge in [-0.15, -0.1) is 16.8 Å². The van der Waals surface area contributed by atoms with Crippen LogP contribution in [0.4, 0.5) is 0 Å². The molecule has 32 heavy (non-hydrogen) atoms. The number of hydrogen-bond acceptors (Lipinski definition) is 5. The molecule has 162 valence electrons. The summed E-state index contributed by atoms with van der Waals surface area (Å²) in [4.78, 5) is 17.1. The lowest BCUT2D eigenvalue weighted by Crippen LogP contribution is -2.07. The van der Waals surface area contributed by atoms with Crippen molar-refractivity contribution >= 4 is 29.1 Å². The third kappa shape index (κ3) is 4.40. The molecule has 0 amide bonds. The lowest BCUT2D eigenvalue weighted by Gasteiger charge is -2.10. The standard InChI is InChI=1S/C24H22ClN5OS/c1-4-13-29-16(2)14-21(17(29)3)22(31)15-32-24-28-27-23(18-9-11-26-12-10-18)30(24)20-7-5-19(25)6-8-20/h4-12,14H,1,13,15H2,2-3H3. The SMILES string of the molecule is C=CCn1c(C)cc(C(=O)CSc2nnc(-c3ccncc3)n2-c2ccc(Cl)cc2)c1C. The van der Waals surface area contributed by atoms with Crippen LogP contribution < -0.4 is 0 Å². The third-order valence-corrected chi connectivity index (χ3v) is 6.36. The van der Waals surface area contributed by atoms with Gasteiger partial charge in [0, 0.05) is 52.2 Å². The highest BCUT2D eigenvalue weighted by Gasteiger charge is 2.20. The van der Waals surface area contributed by atoms with Crippen LogP contribution in [-0.2, 0) is 6.54 Å². The molecular formula is C24H22ClN5OS. The number of nitrogens with zero attached hydrogens (tertiary/aromatic N) is 5. The Morgan fingerprint density at radius 2 is 1.84 bits per heavy atom. The highest BCUT2D eigenvalue weighted by atomic mass is 35.5. The number of carbonyl (C=O) groups is 1. The Labute approximate surface area is 196 Å². The average molecular weight is 464 g/mol. The molecule has 3 aromatic heterocycles. The molecular weight excluding hydrogens is 442 g/mol. The zero-order chi connectivity index (χ0) is 22.7. The number of halogens is 1. The lowest BCUT2D eigenvalue weighted by molar-refractivity contribution is 0.102. The number of aryl methyl sites for hydroxylation is 1. The van der Waals surface area contributed by atoms with Gasteiger partial charge in [0.15, 0.2) is 16.8 Å². The van der Waals surface area contributed by atoms with E-state index in [1.807, 2.05) is 67.0 Å². The normalized spacial score (nSPS) is 11.0. The molecule has 0 spiro atoms. The van der Waals surface area contributed by atoms with Gasteiger partial charge >= 0.3 is 0 Å². The van der Waals surface area contributed by atoms with Crippen LogP contribution in [0.15, 0.2) is 72.7 Å². The summed E-state index contributed by atoms with van der Waals surface area (Å²) in [6.45, 7) is 8.44. The molecule has 4 aromatic rings. The topological polar surface area (TPSA) is 65.6 Å². The zero-order valence-electron chi connectivity index (χ0n) is 17.8. The molecule has 4 rings (SSSR count). The van der Waals surface area contributed by atoms with Crippen molar-refractivity contribution in [3.05, 3.63) is 89.5 Å². The van der Waals surface area contributed by atoms with E-state index in [1.54, 1.807) is 12.4 Å². The Balaban J connectivity index is 1.65. The van der Waals surface area contributed by atoms with Crippen molar-refractivity contribution in [2.24, 2.45) is 0 Å². The fourth-order valence-corrected chi connectivity index (χ4v) is 4.54. The van der Waals surface area contributed by atoms with E-state index in [2.05, 4.69) is 26.3 Å². The quantitative estimate of drug-likeness (QED) is 0.194. The Bertz CT molecular complexity index is 1260. The number of thioether (sulfide) groups is 1. The van der Waals surface area contributed by atoms with E-state index in [9.17, 15) is 4.79 Å². The van der Waals surface area contributed by atoms with Crippen molar-refractivity contribution in [3.8, 4) is 17.1 Å². The highest BCUT2D eigenvalue weighted by Crippen LogP contribution is 2.29. The maximum Gasteiger partial charge on any atom is 0.196 e. The number of carbonyl (C=O) groups excluding carboxylic acids is 1. The first-order chi connectivity index (χ1) is 15.5. The van der Waals surface area contributed by atoms with E-state index in [1.165, 1.54) is 11.8 Å². The van der Waals surface area contributed by atoms with Crippen molar-refractivity contribution < 1.29 is 4.79 Å². The maximum absolute atomic E-state index is 13.0. The van der Waals surface area contributed by atoms with Crippen LogP contribution in [0.5, 0.6) is 0 Å². The van der Waals surface area contributed by atoms with Crippen LogP contribution in [0, 0.1) is 13.8 Å². The smallest absolute Gasteiger partial charge is 0.196 e. The molecule has 0 atom stereocenters. The van der Waals surface area contributed by atoms with Crippen LogP contribution in [0.1, 0.15) is 21.7 Å². The summed E-state index contributed by atoms with van der Waals surface area (Å²) < 4.78 is 4.02. The molecule has 0 aliphatic rings. The summed E-state index contributed by atoms with van der Waals surface area (Å²) in [5.41, 5.74) is 4.47. The summed E-state index contributed by atoms with van der Waals surface area (Å²) >= 11 is 7.45. The zero-order valence-corrected chi connectivity index (χ0v) is 19.4. The van der Waals surface area contributed by atoms with Crippen LogP contribution >= 0.6 is 23.4 Å². The number of hydrogen-bond donors (Lipinski definition) is 0. The highest BCUT2D eigenvalue weighted by molar-refractivity contribution is 7.99. The first kappa shape index (κ1) is 22.0. The second-order valence-corrected chi connectivity index (χ2v) is 8.63. The molecule has 0 fully saturated rings. The minimum Gasteiger partial charge on any atom is -0.345 e. The van der Waals surface area contributed by atoms with Gasteiger partial charge in [-0.3, -0.25) is 14.3 Å². The molecule has 3 heterocycles. The molecule has 0 bridgehead atoms. The van der Waals surface area contributed by atoms with E-state index in [0.29, 0.717) is 22.5 Å². The number of Topliss-reactive ketones (excluding diaryl/α,β-unsaturated/α-hetero) is 1. The first-order valence-electron chi connectivity index (χ1n) is 10.0. The Kier molecular flexibility index (Phi) is 6.58. The summed E-state index contributed by atoms with van der Waals surface area (Å²) in [6.07, 6.45) is 5.26. The minimum atomic E-state index is 0.0505. The monoisotopic (exact) mass is 463 g/mol. The molecule has 8 heteroatoms. The molecule has 0 saturated carbocycles. The van der Waals surface area contributed by atoms with Gasteiger partial charge in [-0.05, 0) is 56.3 Å². The molecule has 0 aliphatic carbocycles. The number of ketones is 1. The van der Waals surface area contributed by atoms with Gasteiger partial charge in [0.1, 0.15) is 0 Å². The van der Waals surface area contributed by atoms with Crippen LogP contribution in [0.25, 0.3) is 17.1 Å². The van der Waals surface area contributed by atoms with Gasteiger partial charge in [0.05, 0.1) is 5.75 Å². The number of allylic oxidation sites excluding steroid dienone is 1. The van der Waals surface area contributed by atoms with Crippen molar-refractivity contribution in [1.29, 1.82) is 0 Å². The van der Waals surface area contributed by atoms with Gasteiger partial charge in [-0.1, -0.05) is 29.4 Å². The van der Waals surface area contributed by atoms with Crippen LogP contribution in [0.2, 0.25) is 5.02 Å². The fourth-order valence-electron chi connectivity index (χ4n) is 3.58. The minimum absolute atomic E-state index is 0.0505. The predicted octanol–water partition coefficient (Wildman–Crippen LogP) is 5.56. The average Bonchev–Trinajstić information content (AvgIpc) is 3.35. The number of benzene rings is 1. The Morgan fingerprint density at radius 3 is 2.53 bits per heavy atom. The van der Waals surface area contributed by atoms with Crippen molar-refractivity contribution in [2.45, 2.75) is 25.5 Å². The molecule has 0 saturated heterocycles. The van der Waals surface area contributed by atoms with Gasteiger partial charge in [0.2, 0.25) is 0 Å². The second kappa shape index (κ2) is 9.54. The Morgan fingerprint density at radius 1 is 1.12 bits per heavy atom. The van der Waals surface area contributed by atoms with E-state index >= 15 is 0 Å². The second-order valence-electron chi connectivity index (χ2n) is 7.25. The molecule has 0 aliphatic heterocycles. The third-order valence-electron chi connectivity index (χ3n) is 5.17. The van der Waals surface area contributed by atoms with Gasteiger partial charge in [0.25, 0.3) is 0 Å². The fraction of sp³-hybridized carbons (Fsp3) is 0.167. The van der Waals surface area contributed by atoms with Crippen molar-refractivity contribution in [2.75, 3.05) is 5.75 Å². The first-order valence-corrected chi connectivity index (χ1v) is 11.4. The molecule has 6 nitrogen and oxygen atoms in total. The van der Waals surface area contributed by atoms with E-state index in [0.717, 1.165) is 28.2 Å². The van der Waals surface area contributed by atoms with Crippen molar-refractivity contribution in [3.63, 3.8) is 0 Å². The molecule has 0 radical (unpaired) electrons. The Hall–Kier alpha value is -3.16. The van der Waals surface area contributed by atoms with Crippen molar-refractivity contribution in [1.82, 2.24) is 24.3 Å². The van der Waals surface area contributed by atoms with E-state index in [4.69, 9.17) is 11.6 Å². The molecule has 0 unspecified atom stereocenters. The molecule has 0 N–H and O–H groups in total. The summed E-state index contributed by atoms with van der Waals surface area (Å²) in [5.74, 6) is 0.976. The predicted molar refractivity (Wildman–Crippen MR) is 129 cm³/mol. The summed E-state index contributed by atoms with van der Waals surface area (Å²) in [5, 5.41) is 10.1. The maximum atomic E-state index is 13.0. The van der Waals surface area contributed by atoms with Crippen LogP contribution in [-0.4, -0.2) is 35.9 Å². The van der Waals surface area contributed by atoms with E-state index in [-0.39, 0.29) is 11.5 Å². The number of aromatic nitrogens is 5. The van der Waals surface area contributed by atoms with Gasteiger partial charge < -0.3 is 4.57 Å². The number of pyridine rings is 1. The lowest BCUT2D eigenvalue weighted by atomic mass is 10.2.